The lowest BCUT2D eigenvalue weighted by Gasteiger charge is -2.34. The number of piperidine rings is 1. The van der Waals surface area contributed by atoms with Crippen molar-refractivity contribution in [2.24, 2.45) is 5.92 Å². The van der Waals surface area contributed by atoms with E-state index in [9.17, 15) is 4.79 Å². The summed E-state index contributed by atoms with van der Waals surface area (Å²) in [5.74, 6) is 1.57. The lowest BCUT2D eigenvalue weighted by atomic mass is 10.0. The van der Waals surface area contributed by atoms with E-state index in [0.717, 1.165) is 36.5 Å². The number of carbonyl (C=O) groups excluding carboxylic acids is 1. The Labute approximate surface area is 181 Å². The first-order valence-electron chi connectivity index (χ1n) is 10.6. The first-order valence-corrected chi connectivity index (χ1v) is 10.6. The van der Waals surface area contributed by atoms with Crippen LogP contribution in [0.25, 0.3) is 11.5 Å². The van der Waals surface area contributed by atoms with Crippen LogP contribution in [-0.4, -0.2) is 54.4 Å². The van der Waals surface area contributed by atoms with Crippen LogP contribution in [-0.2, 0) is 0 Å². The zero-order valence-electron chi connectivity index (χ0n) is 17.9. The maximum atomic E-state index is 13.6. The van der Waals surface area contributed by atoms with Gasteiger partial charge in [-0.3, -0.25) is 4.79 Å². The van der Waals surface area contributed by atoms with Gasteiger partial charge in [0.25, 0.3) is 5.91 Å². The number of nitrogens with zero attached hydrogens (tertiary/aromatic N) is 6. The van der Waals surface area contributed by atoms with Crippen molar-refractivity contribution >= 4 is 11.9 Å². The first kappa shape index (κ1) is 19.5. The Morgan fingerprint density at radius 3 is 2.45 bits per heavy atom. The predicted octanol–water partition coefficient (Wildman–Crippen LogP) is 2.97. The van der Waals surface area contributed by atoms with Gasteiger partial charge in [-0.25, -0.2) is 24.9 Å². The first-order chi connectivity index (χ1) is 15.0. The quantitative estimate of drug-likeness (QED) is 0.700. The summed E-state index contributed by atoms with van der Waals surface area (Å²) in [7, 11) is 0. The fourth-order valence-electron chi connectivity index (χ4n) is 4.85. The molecule has 2 aliphatic rings. The fourth-order valence-corrected chi connectivity index (χ4v) is 4.85. The van der Waals surface area contributed by atoms with Crippen LogP contribution in [0.5, 0.6) is 0 Å². The third-order valence-corrected chi connectivity index (χ3v) is 6.08. The molecule has 0 radical (unpaired) electrons. The molecule has 2 bridgehead atoms. The van der Waals surface area contributed by atoms with Gasteiger partial charge in [-0.1, -0.05) is 0 Å². The molecular weight excluding hydrogens is 390 g/mol. The minimum atomic E-state index is -0.0182. The largest absolute Gasteiger partial charge is 0.349 e. The minimum Gasteiger partial charge on any atom is -0.349 e. The summed E-state index contributed by atoms with van der Waals surface area (Å²) in [5.41, 5.74) is 3.78. The Bertz CT molecular complexity index is 1110. The number of hydrogen-bond acceptors (Lipinski definition) is 7. The smallest absolute Gasteiger partial charge is 0.256 e. The number of carbonyl (C=O) groups is 1. The molecule has 3 aromatic heterocycles. The van der Waals surface area contributed by atoms with Gasteiger partial charge >= 0.3 is 0 Å². The number of fused-ring (bicyclic) bond motifs is 2. The Balaban J connectivity index is 1.42. The number of anilines is 1. The molecule has 2 fully saturated rings. The second-order valence-corrected chi connectivity index (χ2v) is 8.51. The number of amides is 1. The van der Waals surface area contributed by atoms with Gasteiger partial charge in [0.05, 0.1) is 11.6 Å². The second-order valence-electron chi connectivity index (χ2n) is 8.51. The monoisotopic (exact) mass is 415 g/mol. The summed E-state index contributed by atoms with van der Waals surface area (Å²) in [6.07, 6.45) is 5.35. The van der Waals surface area contributed by atoms with Gasteiger partial charge in [-0.2, -0.15) is 0 Å². The number of aryl methyl sites for hydroxylation is 3. The van der Waals surface area contributed by atoms with Crippen LogP contribution in [0.15, 0.2) is 36.7 Å². The van der Waals surface area contributed by atoms with Crippen LogP contribution >= 0.6 is 0 Å². The predicted molar refractivity (Wildman–Crippen MR) is 116 cm³/mol. The molecule has 1 aliphatic carbocycles. The molecule has 4 heterocycles. The molecule has 1 aliphatic heterocycles. The highest BCUT2D eigenvalue weighted by atomic mass is 16.2. The van der Waals surface area contributed by atoms with E-state index in [4.69, 9.17) is 0 Å². The summed E-state index contributed by atoms with van der Waals surface area (Å²) in [6, 6.07) is 7.67. The van der Waals surface area contributed by atoms with Crippen molar-refractivity contribution < 1.29 is 4.79 Å². The lowest BCUT2D eigenvalue weighted by Crippen LogP contribution is -2.48. The van der Waals surface area contributed by atoms with Gasteiger partial charge in [0.1, 0.15) is 5.69 Å². The molecule has 1 N–H and O–H groups in total. The minimum absolute atomic E-state index is 0.0182. The summed E-state index contributed by atoms with van der Waals surface area (Å²) in [4.78, 5) is 37.9. The van der Waals surface area contributed by atoms with Crippen LogP contribution in [0, 0.1) is 26.7 Å². The summed E-state index contributed by atoms with van der Waals surface area (Å²) < 4.78 is 0. The van der Waals surface area contributed by atoms with Gasteiger partial charge in [-0.15, -0.1) is 0 Å². The van der Waals surface area contributed by atoms with Gasteiger partial charge in [0.15, 0.2) is 5.82 Å². The topological polar surface area (TPSA) is 96.8 Å². The number of rotatable bonds is 4. The van der Waals surface area contributed by atoms with E-state index in [-0.39, 0.29) is 18.0 Å². The Morgan fingerprint density at radius 2 is 1.74 bits per heavy atom. The van der Waals surface area contributed by atoms with Crippen LogP contribution in [0.4, 0.5) is 5.95 Å². The van der Waals surface area contributed by atoms with Crippen molar-refractivity contribution in [1.82, 2.24) is 29.8 Å². The highest BCUT2D eigenvalue weighted by molar-refractivity contribution is 5.99. The highest BCUT2D eigenvalue weighted by Crippen LogP contribution is 2.40. The normalized spacial score (nSPS) is 22.0. The average molecular weight is 416 g/mol. The molecule has 31 heavy (non-hydrogen) atoms. The molecule has 8 nitrogen and oxygen atoms in total. The van der Waals surface area contributed by atoms with E-state index < -0.39 is 0 Å². The number of hydrogen-bond donors (Lipinski definition) is 1. The van der Waals surface area contributed by atoms with Gasteiger partial charge in [0, 0.05) is 42.1 Å². The molecule has 1 saturated heterocycles. The van der Waals surface area contributed by atoms with Crippen molar-refractivity contribution in [3.63, 3.8) is 0 Å². The second kappa shape index (κ2) is 7.68. The van der Waals surface area contributed by atoms with E-state index in [1.807, 2.05) is 43.9 Å². The van der Waals surface area contributed by atoms with E-state index in [1.54, 1.807) is 18.5 Å². The maximum Gasteiger partial charge on any atom is 0.256 e. The number of nitrogens with one attached hydrogen (secondary N) is 1. The third kappa shape index (κ3) is 3.73. The van der Waals surface area contributed by atoms with Gasteiger partial charge in [-0.05, 0) is 63.8 Å². The molecule has 1 amide bonds. The highest BCUT2D eigenvalue weighted by Gasteiger charge is 2.47. The molecule has 5 rings (SSSR count). The van der Waals surface area contributed by atoms with Gasteiger partial charge < -0.3 is 10.2 Å². The Morgan fingerprint density at radius 1 is 1.00 bits per heavy atom. The maximum absolute atomic E-state index is 13.6. The van der Waals surface area contributed by atoms with Crippen LogP contribution in [0.1, 0.15) is 40.3 Å². The molecule has 0 aromatic carbocycles. The van der Waals surface area contributed by atoms with E-state index in [1.165, 1.54) is 0 Å². The molecule has 3 unspecified atom stereocenters. The molecule has 158 valence electrons. The van der Waals surface area contributed by atoms with Gasteiger partial charge in [0.2, 0.25) is 5.95 Å². The number of pyridine rings is 1. The average Bonchev–Trinajstić information content (AvgIpc) is 3.34. The van der Waals surface area contributed by atoms with E-state index in [2.05, 4.69) is 30.2 Å². The van der Waals surface area contributed by atoms with Crippen LogP contribution < -0.4 is 5.32 Å². The van der Waals surface area contributed by atoms with Crippen molar-refractivity contribution in [2.75, 3.05) is 11.9 Å². The molecular formula is C23H25N7O. The third-order valence-electron chi connectivity index (χ3n) is 6.08. The SMILES string of the molecule is Cc1cc(C)nc(NC2CC3CC2N(C(=O)c2ccc(C)nc2-c2ncccn2)C3)n1. The summed E-state index contributed by atoms with van der Waals surface area (Å²) in [5, 5.41) is 3.49. The lowest BCUT2D eigenvalue weighted by molar-refractivity contribution is 0.0692. The summed E-state index contributed by atoms with van der Waals surface area (Å²) in [6.45, 7) is 6.60. The zero-order valence-corrected chi connectivity index (χ0v) is 17.9. The molecule has 0 spiro atoms. The number of aromatic nitrogens is 5. The molecule has 1 saturated carbocycles. The number of likely N-dealkylation sites (tertiary alicyclic amines) is 1. The van der Waals surface area contributed by atoms with Crippen LogP contribution in [0.2, 0.25) is 0 Å². The molecule has 8 heteroatoms. The molecule has 3 atom stereocenters. The Hall–Kier alpha value is -3.42. The van der Waals surface area contributed by atoms with Crippen molar-refractivity contribution in [3.8, 4) is 11.5 Å². The van der Waals surface area contributed by atoms with E-state index >= 15 is 0 Å². The van der Waals surface area contributed by atoms with Crippen LogP contribution in [0.3, 0.4) is 0 Å². The standard InChI is InChI=1S/C23H25N7O/c1-13-5-6-17(20(26-13)21-24-7-4-8-25-21)22(31)30-12-16-10-18(19(30)11-16)29-23-27-14(2)9-15(3)28-23/h4-9,16,18-19H,10-12H2,1-3H3,(H,27,28,29). The summed E-state index contributed by atoms with van der Waals surface area (Å²) >= 11 is 0. The van der Waals surface area contributed by atoms with Crippen molar-refractivity contribution in [1.29, 1.82) is 0 Å². The zero-order chi connectivity index (χ0) is 21.5. The van der Waals surface area contributed by atoms with Crippen molar-refractivity contribution in [3.05, 3.63) is 59.3 Å². The fraction of sp³-hybridized carbons (Fsp3) is 0.391. The molecule has 3 aromatic rings. The van der Waals surface area contributed by atoms with E-state index in [0.29, 0.717) is 28.9 Å². The Kier molecular flexibility index (Phi) is 4.84. The van der Waals surface area contributed by atoms with Crippen molar-refractivity contribution in [2.45, 2.75) is 45.7 Å².